The van der Waals surface area contributed by atoms with Crippen molar-refractivity contribution in [2.75, 3.05) is 0 Å². The van der Waals surface area contributed by atoms with Crippen molar-refractivity contribution in [1.29, 1.82) is 0 Å². The van der Waals surface area contributed by atoms with Crippen LogP contribution in [0.2, 0.25) is 0 Å². The second-order valence-corrected chi connectivity index (χ2v) is 4.35. The second-order valence-electron chi connectivity index (χ2n) is 4.35. The average molecular weight is 228 g/mol. The van der Waals surface area contributed by atoms with Crippen LogP contribution >= 0.6 is 0 Å². The topological polar surface area (TPSA) is 91.7 Å². The molecule has 0 heterocycles. The summed E-state index contributed by atoms with van der Waals surface area (Å²) in [5.74, 6) is -1.67. The summed E-state index contributed by atoms with van der Waals surface area (Å²) in [6, 6.07) is 0. The number of hydrogen-bond donors (Lipinski definition) is 2. The van der Waals surface area contributed by atoms with E-state index in [1.165, 1.54) is 0 Å². The minimum Gasteiger partial charge on any atom is -0.481 e. The van der Waals surface area contributed by atoms with E-state index in [1.54, 1.807) is 0 Å². The molecule has 2 atom stereocenters. The van der Waals surface area contributed by atoms with E-state index in [2.05, 4.69) is 0 Å². The molecule has 0 aliphatic heterocycles. The molecule has 5 nitrogen and oxygen atoms in total. The average Bonchev–Trinajstić information content (AvgIpc) is 2.44. The Balaban J connectivity index is 2.40. The molecule has 1 rings (SSSR count). The van der Waals surface area contributed by atoms with Gasteiger partial charge in [0.1, 0.15) is 5.78 Å². The van der Waals surface area contributed by atoms with E-state index in [-0.39, 0.29) is 30.5 Å². The molecule has 16 heavy (non-hydrogen) atoms. The predicted molar refractivity (Wildman–Crippen MR) is 55.0 cm³/mol. The smallest absolute Gasteiger partial charge is 0.303 e. The Kier molecular flexibility index (Phi) is 4.46. The molecule has 1 saturated carbocycles. The van der Waals surface area contributed by atoms with Gasteiger partial charge in [-0.2, -0.15) is 0 Å². The molecule has 0 aromatic heterocycles. The zero-order valence-corrected chi connectivity index (χ0v) is 9.02. The summed E-state index contributed by atoms with van der Waals surface area (Å²) in [5.41, 5.74) is 0. The van der Waals surface area contributed by atoms with Crippen molar-refractivity contribution < 1.29 is 24.6 Å². The van der Waals surface area contributed by atoms with Gasteiger partial charge in [-0.1, -0.05) is 0 Å². The molecule has 0 aromatic rings. The largest absolute Gasteiger partial charge is 0.481 e. The lowest BCUT2D eigenvalue weighted by Crippen LogP contribution is -2.13. The van der Waals surface area contributed by atoms with Gasteiger partial charge >= 0.3 is 11.9 Å². The van der Waals surface area contributed by atoms with Crippen molar-refractivity contribution in [3.63, 3.8) is 0 Å². The van der Waals surface area contributed by atoms with Crippen LogP contribution in [0.25, 0.3) is 0 Å². The fourth-order valence-corrected chi connectivity index (χ4v) is 2.32. The lowest BCUT2D eigenvalue weighted by Gasteiger charge is -2.15. The molecule has 90 valence electrons. The van der Waals surface area contributed by atoms with Gasteiger partial charge in [-0.05, 0) is 24.7 Å². The van der Waals surface area contributed by atoms with Crippen molar-refractivity contribution in [3.05, 3.63) is 0 Å². The van der Waals surface area contributed by atoms with Gasteiger partial charge in [0.2, 0.25) is 0 Å². The molecule has 0 saturated heterocycles. The van der Waals surface area contributed by atoms with Gasteiger partial charge < -0.3 is 10.2 Å². The van der Waals surface area contributed by atoms with E-state index in [1.807, 2.05) is 0 Å². The van der Waals surface area contributed by atoms with Crippen LogP contribution < -0.4 is 0 Å². The monoisotopic (exact) mass is 228 g/mol. The van der Waals surface area contributed by atoms with Gasteiger partial charge in [0, 0.05) is 25.7 Å². The third-order valence-corrected chi connectivity index (χ3v) is 3.05. The van der Waals surface area contributed by atoms with Gasteiger partial charge in [0.15, 0.2) is 0 Å². The third-order valence-electron chi connectivity index (χ3n) is 3.05. The Morgan fingerprint density at radius 1 is 1.12 bits per heavy atom. The molecule has 0 aromatic carbocycles. The highest BCUT2D eigenvalue weighted by molar-refractivity contribution is 5.82. The van der Waals surface area contributed by atoms with Gasteiger partial charge in [0.25, 0.3) is 0 Å². The number of Topliss-reactive ketones (excluding diaryl/α,β-unsaturated/α-hetero) is 1. The second kappa shape index (κ2) is 5.63. The summed E-state index contributed by atoms with van der Waals surface area (Å²) in [6.45, 7) is 0. The van der Waals surface area contributed by atoms with Crippen molar-refractivity contribution in [3.8, 4) is 0 Å². The molecule has 1 fully saturated rings. The first-order chi connectivity index (χ1) is 7.49. The van der Waals surface area contributed by atoms with Gasteiger partial charge in [-0.25, -0.2) is 0 Å². The van der Waals surface area contributed by atoms with Crippen LogP contribution in [0.3, 0.4) is 0 Å². The molecule has 0 radical (unpaired) electrons. The molecule has 2 N–H and O–H groups in total. The van der Waals surface area contributed by atoms with Crippen LogP contribution in [0.4, 0.5) is 0 Å². The number of ketones is 1. The van der Waals surface area contributed by atoms with E-state index in [0.29, 0.717) is 25.7 Å². The highest BCUT2D eigenvalue weighted by Crippen LogP contribution is 2.35. The Bertz CT molecular complexity index is 297. The van der Waals surface area contributed by atoms with E-state index >= 15 is 0 Å². The maximum absolute atomic E-state index is 11.2. The maximum atomic E-state index is 11.2. The molecule has 1 aliphatic carbocycles. The first-order valence-electron chi connectivity index (χ1n) is 5.44. The van der Waals surface area contributed by atoms with Crippen LogP contribution in [0.5, 0.6) is 0 Å². The Morgan fingerprint density at radius 2 is 1.75 bits per heavy atom. The number of carbonyl (C=O) groups excluding carboxylic acids is 1. The number of carboxylic acids is 2. The van der Waals surface area contributed by atoms with E-state index in [0.717, 1.165) is 0 Å². The Hall–Kier alpha value is -1.39. The molecule has 0 bridgehead atoms. The molecule has 1 aliphatic rings. The van der Waals surface area contributed by atoms with Crippen molar-refractivity contribution >= 4 is 17.7 Å². The van der Waals surface area contributed by atoms with Crippen LogP contribution in [0.1, 0.15) is 38.5 Å². The zero-order chi connectivity index (χ0) is 12.1. The number of aliphatic carboxylic acids is 2. The summed E-state index contributed by atoms with van der Waals surface area (Å²) < 4.78 is 0. The normalized spacial score (nSPS) is 24.6. The predicted octanol–water partition coefficient (Wildman–Crippen LogP) is 1.31. The minimum absolute atomic E-state index is 0.0173. The zero-order valence-electron chi connectivity index (χ0n) is 9.02. The first kappa shape index (κ1) is 12.7. The summed E-state index contributed by atoms with van der Waals surface area (Å²) in [5, 5.41) is 17.2. The standard InChI is InChI=1S/C11H16O5/c12-9-4-7(2-1-3-10(13)14)8(5-9)6-11(15)16/h7-8H,1-6H2,(H,13,14)(H,15,16). The number of hydrogen-bond acceptors (Lipinski definition) is 3. The lowest BCUT2D eigenvalue weighted by atomic mass is 9.89. The molecule has 0 amide bonds. The molecule has 5 heteroatoms. The van der Waals surface area contributed by atoms with Crippen LogP contribution in [0, 0.1) is 11.8 Å². The highest BCUT2D eigenvalue weighted by Gasteiger charge is 2.33. The fraction of sp³-hybridized carbons (Fsp3) is 0.727. The summed E-state index contributed by atoms with van der Waals surface area (Å²) in [4.78, 5) is 32.2. The fourth-order valence-electron chi connectivity index (χ4n) is 2.32. The molecular formula is C11H16O5. The van der Waals surface area contributed by atoms with Crippen LogP contribution in [-0.4, -0.2) is 27.9 Å². The van der Waals surface area contributed by atoms with Crippen molar-refractivity contribution in [2.45, 2.75) is 38.5 Å². The maximum Gasteiger partial charge on any atom is 0.303 e. The highest BCUT2D eigenvalue weighted by atomic mass is 16.4. The van der Waals surface area contributed by atoms with Gasteiger partial charge in [0.05, 0.1) is 0 Å². The quantitative estimate of drug-likeness (QED) is 0.715. The lowest BCUT2D eigenvalue weighted by molar-refractivity contribution is -0.139. The third kappa shape index (κ3) is 4.00. The van der Waals surface area contributed by atoms with Gasteiger partial charge in [-0.15, -0.1) is 0 Å². The summed E-state index contributed by atoms with van der Waals surface area (Å²) in [7, 11) is 0. The Labute approximate surface area is 93.5 Å². The number of carboxylic acid groups (broad SMARTS) is 2. The molecule has 0 spiro atoms. The summed E-state index contributed by atoms with van der Waals surface area (Å²) in [6.07, 6.45) is 2.01. The van der Waals surface area contributed by atoms with E-state index < -0.39 is 11.9 Å². The SMILES string of the molecule is O=C(O)CCCC1CC(=O)CC1CC(=O)O. The summed E-state index contributed by atoms with van der Waals surface area (Å²) >= 11 is 0. The van der Waals surface area contributed by atoms with E-state index in [9.17, 15) is 14.4 Å². The number of rotatable bonds is 6. The Morgan fingerprint density at radius 3 is 2.31 bits per heavy atom. The van der Waals surface area contributed by atoms with Crippen molar-refractivity contribution in [1.82, 2.24) is 0 Å². The number of carbonyl (C=O) groups is 3. The van der Waals surface area contributed by atoms with Gasteiger partial charge in [-0.3, -0.25) is 14.4 Å². The van der Waals surface area contributed by atoms with Crippen LogP contribution in [0.15, 0.2) is 0 Å². The van der Waals surface area contributed by atoms with E-state index in [4.69, 9.17) is 10.2 Å². The molecular weight excluding hydrogens is 212 g/mol. The minimum atomic E-state index is -0.886. The first-order valence-corrected chi connectivity index (χ1v) is 5.44. The molecule has 2 unspecified atom stereocenters. The van der Waals surface area contributed by atoms with Crippen LogP contribution in [-0.2, 0) is 14.4 Å². The van der Waals surface area contributed by atoms with Crippen molar-refractivity contribution in [2.24, 2.45) is 11.8 Å².